The third-order valence-electron chi connectivity index (χ3n) is 3.81. The topological polar surface area (TPSA) is 24.5 Å². The van der Waals surface area contributed by atoms with Crippen molar-refractivity contribution >= 4 is 11.8 Å². The molecule has 0 aromatic heterocycles. The zero-order valence-electron chi connectivity index (χ0n) is 13.5. The molecule has 1 aliphatic rings. The first kappa shape index (κ1) is 16.8. The average Bonchev–Trinajstić information content (AvgIpc) is 2.51. The van der Waals surface area contributed by atoms with Crippen molar-refractivity contribution in [2.75, 3.05) is 32.0 Å². The minimum atomic E-state index is 0.351. The molecule has 1 aromatic rings. The highest BCUT2D eigenvalue weighted by Crippen LogP contribution is 2.22. The van der Waals surface area contributed by atoms with E-state index in [4.69, 9.17) is 4.74 Å². The van der Waals surface area contributed by atoms with Gasteiger partial charge in [0.2, 0.25) is 0 Å². The van der Waals surface area contributed by atoms with Crippen LogP contribution in [0.15, 0.2) is 29.2 Å². The van der Waals surface area contributed by atoms with Crippen molar-refractivity contribution in [3.63, 3.8) is 0 Å². The van der Waals surface area contributed by atoms with Gasteiger partial charge in [-0.2, -0.15) is 0 Å². The summed E-state index contributed by atoms with van der Waals surface area (Å²) < 4.78 is 5.90. The van der Waals surface area contributed by atoms with Crippen LogP contribution in [-0.4, -0.2) is 49.0 Å². The molecule has 1 heterocycles. The van der Waals surface area contributed by atoms with Crippen molar-refractivity contribution in [3.8, 4) is 0 Å². The second kappa shape index (κ2) is 8.79. The van der Waals surface area contributed by atoms with Crippen molar-refractivity contribution in [1.29, 1.82) is 0 Å². The fourth-order valence-electron chi connectivity index (χ4n) is 2.52. The molecule has 1 saturated heterocycles. The van der Waals surface area contributed by atoms with Crippen LogP contribution in [0.25, 0.3) is 0 Å². The molecule has 0 saturated carbocycles. The van der Waals surface area contributed by atoms with E-state index in [1.807, 2.05) is 11.8 Å². The van der Waals surface area contributed by atoms with Gasteiger partial charge in [0.1, 0.15) is 0 Å². The van der Waals surface area contributed by atoms with Crippen molar-refractivity contribution in [3.05, 3.63) is 29.8 Å². The van der Waals surface area contributed by atoms with Gasteiger partial charge in [0, 0.05) is 36.3 Å². The van der Waals surface area contributed by atoms with E-state index in [9.17, 15) is 0 Å². The third-order valence-corrected chi connectivity index (χ3v) is 4.94. The summed E-state index contributed by atoms with van der Waals surface area (Å²) in [6.45, 7) is 11.6. The van der Waals surface area contributed by atoms with Crippen LogP contribution >= 0.6 is 11.8 Å². The molecule has 118 valence electrons. The molecular formula is C17H28N2OS. The lowest BCUT2D eigenvalue weighted by atomic mass is 10.2. The number of morpholine rings is 1. The summed E-state index contributed by atoms with van der Waals surface area (Å²) in [5.41, 5.74) is 1.36. The average molecular weight is 308 g/mol. The Morgan fingerprint density at radius 1 is 1.43 bits per heavy atom. The molecule has 1 atom stereocenters. The molecule has 0 aliphatic carbocycles. The number of hydrogen-bond donors (Lipinski definition) is 1. The Hall–Kier alpha value is -0.550. The zero-order chi connectivity index (χ0) is 15.1. The maximum Gasteiger partial charge on any atom is 0.0796 e. The predicted octanol–water partition coefficient (Wildman–Crippen LogP) is 3.00. The second-order valence-corrected chi connectivity index (χ2v) is 6.91. The first-order chi connectivity index (χ1) is 10.2. The standard InChI is InChI=1S/C17H28N2OS/c1-4-18-11-15-6-5-7-17(10-15)21-13-16-12-19(14(2)3)8-9-20-16/h5-7,10,14,16,18H,4,8-9,11-13H2,1-3H3. The van der Waals surface area contributed by atoms with Gasteiger partial charge in [0.05, 0.1) is 12.7 Å². The van der Waals surface area contributed by atoms with Crippen molar-refractivity contribution in [2.24, 2.45) is 0 Å². The highest BCUT2D eigenvalue weighted by atomic mass is 32.2. The maximum atomic E-state index is 5.90. The summed E-state index contributed by atoms with van der Waals surface area (Å²) in [5.74, 6) is 1.04. The monoisotopic (exact) mass is 308 g/mol. The van der Waals surface area contributed by atoms with Gasteiger partial charge in [0.25, 0.3) is 0 Å². The lowest BCUT2D eigenvalue weighted by molar-refractivity contribution is -0.0265. The summed E-state index contributed by atoms with van der Waals surface area (Å²) in [5, 5.41) is 3.37. The Bertz CT molecular complexity index is 425. The molecule has 3 nitrogen and oxygen atoms in total. The smallest absolute Gasteiger partial charge is 0.0796 e. The number of rotatable bonds is 7. The molecule has 4 heteroatoms. The fraction of sp³-hybridized carbons (Fsp3) is 0.647. The van der Waals surface area contributed by atoms with E-state index < -0.39 is 0 Å². The Balaban J connectivity index is 1.82. The largest absolute Gasteiger partial charge is 0.375 e. The summed E-state index contributed by atoms with van der Waals surface area (Å²) in [7, 11) is 0. The van der Waals surface area contributed by atoms with E-state index in [1.165, 1.54) is 10.5 Å². The molecule has 0 radical (unpaired) electrons. The van der Waals surface area contributed by atoms with Gasteiger partial charge in [-0.1, -0.05) is 19.1 Å². The van der Waals surface area contributed by atoms with Crippen molar-refractivity contribution < 1.29 is 4.74 Å². The Labute approximate surface area is 133 Å². The van der Waals surface area contributed by atoms with Crippen LogP contribution < -0.4 is 5.32 Å². The highest BCUT2D eigenvalue weighted by molar-refractivity contribution is 7.99. The van der Waals surface area contributed by atoms with E-state index in [0.29, 0.717) is 12.1 Å². The molecule has 1 aliphatic heterocycles. The molecule has 1 N–H and O–H groups in total. The third kappa shape index (κ3) is 5.62. The van der Waals surface area contributed by atoms with E-state index in [0.717, 1.165) is 38.5 Å². The molecule has 2 rings (SSSR count). The molecule has 0 bridgehead atoms. The van der Waals surface area contributed by atoms with Crippen LogP contribution in [0.2, 0.25) is 0 Å². The Morgan fingerprint density at radius 2 is 2.29 bits per heavy atom. The van der Waals surface area contributed by atoms with Gasteiger partial charge in [-0.05, 0) is 38.1 Å². The molecule has 1 aromatic carbocycles. The van der Waals surface area contributed by atoms with Crippen molar-refractivity contribution in [2.45, 2.75) is 44.4 Å². The van der Waals surface area contributed by atoms with Crippen LogP contribution in [0.4, 0.5) is 0 Å². The molecular weight excluding hydrogens is 280 g/mol. The second-order valence-electron chi connectivity index (χ2n) is 5.82. The predicted molar refractivity (Wildman–Crippen MR) is 91.0 cm³/mol. The summed E-state index contributed by atoms with van der Waals surface area (Å²) in [6.07, 6.45) is 0.351. The molecule has 1 fully saturated rings. The molecule has 21 heavy (non-hydrogen) atoms. The minimum absolute atomic E-state index is 0.351. The number of benzene rings is 1. The lowest BCUT2D eigenvalue weighted by Crippen LogP contribution is -2.46. The molecule has 1 unspecified atom stereocenters. The van der Waals surface area contributed by atoms with Crippen molar-refractivity contribution in [1.82, 2.24) is 10.2 Å². The lowest BCUT2D eigenvalue weighted by Gasteiger charge is -2.35. The van der Waals surface area contributed by atoms with Gasteiger partial charge >= 0.3 is 0 Å². The van der Waals surface area contributed by atoms with Gasteiger partial charge in [-0.25, -0.2) is 0 Å². The normalized spacial score (nSPS) is 20.1. The molecule has 0 spiro atoms. The van der Waals surface area contributed by atoms with Crippen LogP contribution in [0, 0.1) is 0 Å². The van der Waals surface area contributed by atoms with E-state index in [-0.39, 0.29) is 0 Å². The number of hydrogen-bond acceptors (Lipinski definition) is 4. The number of nitrogens with zero attached hydrogens (tertiary/aromatic N) is 1. The van der Waals surface area contributed by atoms with Crippen LogP contribution in [0.5, 0.6) is 0 Å². The highest BCUT2D eigenvalue weighted by Gasteiger charge is 2.22. The Kier molecular flexibility index (Phi) is 7.04. The maximum absolute atomic E-state index is 5.90. The SMILES string of the molecule is CCNCc1cccc(SCC2CN(C(C)C)CCO2)c1. The van der Waals surface area contributed by atoms with Crippen LogP contribution in [-0.2, 0) is 11.3 Å². The zero-order valence-corrected chi connectivity index (χ0v) is 14.3. The van der Waals surface area contributed by atoms with Crippen LogP contribution in [0.1, 0.15) is 26.3 Å². The van der Waals surface area contributed by atoms with Gasteiger partial charge < -0.3 is 10.1 Å². The first-order valence-electron chi connectivity index (χ1n) is 7.97. The van der Waals surface area contributed by atoms with Gasteiger partial charge in [-0.15, -0.1) is 11.8 Å². The quantitative estimate of drug-likeness (QED) is 0.783. The number of nitrogens with one attached hydrogen (secondary N) is 1. The van der Waals surface area contributed by atoms with Gasteiger partial charge in [-0.3, -0.25) is 4.90 Å². The van der Waals surface area contributed by atoms with E-state index in [1.54, 1.807) is 0 Å². The fourth-order valence-corrected chi connectivity index (χ4v) is 3.51. The Morgan fingerprint density at radius 3 is 3.05 bits per heavy atom. The molecule has 0 amide bonds. The van der Waals surface area contributed by atoms with E-state index in [2.05, 4.69) is 55.3 Å². The van der Waals surface area contributed by atoms with E-state index >= 15 is 0 Å². The van der Waals surface area contributed by atoms with Gasteiger partial charge in [0.15, 0.2) is 0 Å². The number of thioether (sulfide) groups is 1. The van der Waals surface area contributed by atoms with Crippen LogP contribution in [0.3, 0.4) is 0 Å². The minimum Gasteiger partial charge on any atom is -0.375 e. The summed E-state index contributed by atoms with van der Waals surface area (Å²) in [4.78, 5) is 3.85. The summed E-state index contributed by atoms with van der Waals surface area (Å²) in [6, 6.07) is 9.44. The first-order valence-corrected chi connectivity index (χ1v) is 8.95. The number of ether oxygens (including phenoxy) is 1. The summed E-state index contributed by atoms with van der Waals surface area (Å²) >= 11 is 1.91.